The molecule has 1 heterocycles. The van der Waals surface area contributed by atoms with Gasteiger partial charge in [-0.1, -0.05) is 6.07 Å². The molecule has 2 amide bonds. The first kappa shape index (κ1) is 12.6. The minimum atomic E-state index is -0.204. The molecular weight excluding hydrogens is 232 g/mol. The SMILES string of the molecule is COCC(=O)Nc1ccc2c(c1)N(C(C)=O)CC2. The van der Waals surface area contributed by atoms with Gasteiger partial charge in [0.25, 0.3) is 0 Å². The molecule has 0 saturated carbocycles. The second kappa shape index (κ2) is 5.18. The molecule has 18 heavy (non-hydrogen) atoms. The molecule has 5 heteroatoms. The molecule has 1 aliphatic rings. The summed E-state index contributed by atoms with van der Waals surface area (Å²) in [6.07, 6.45) is 0.862. The fraction of sp³-hybridized carbons (Fsp3) is 0.385. The van der Waals surface area contributed by atoms with E-state index in [4.69, 9.17) is 4.74 Å². The van der Waals surface area contributed by atoms with E-state index in [9.17, 15) is 9.59 Å². The smallest absolute Gasteiger partial charge is 0.250 e. The summed E-state index contributed by atoms with van der Waals surface area (Å²) in [6.45, 7) is 2.28. The molecule has 96 valence electrons. The highest BCUT2D eigenvalue weighted by atomic mass is 16.5. The van der Waals surface area contributed by atoms with E-state index < -0.39 is 0 Å². The third-order valence-corrected chi connectivity index (χ3v) is 2.92. The van der Waals surface area contributed by atoms with Gasteiger partial charge in [0.15, 0.2) is 0 Å². The van der Waals surface area contributed by atoms with Crippen LogP contribution in [0.4, 0.5) is 11.4 Å². The Hall–Kier alpha value is -1.88. The van der Waals surface area contributed by atoms with Crippen LogP contribution < -0.4 is 10.2 Å². The second-order valence-electron chi connectivity index (χ2n) is 4.25. The van der Waals surface area contributed by atoms with Gasteiger partial charge in [0.2, 0.25) is 11.8 Å². The molecule has 1 aliphatic heterocycles. The number of nitrogens with zero attached hydrogens (tertiary/aromatic N) is 1. The van der Waals surface area contributed by atoms with Crippen LogP contribution in [-0.2, 0) is 20.7 Å². The second-order valence-corrected chi connectivity index (χ2v) is 4.25. The number of amides is 2. The number of ether oxygens (including phenoxy) is 1. The predicted octanol–water partition coefficient (Wildman–Crippen LogP) is 1.18. The summed E-state index contributed by atoms with van der Waals surface area (Å²) >= 11 is 0. The lowest BCUT2D eigenvalue weighted by atomic mass is 10.1. The zero-order chi connectivity index (χ0) is 13.1. The molecule has 0 aromatic heterocycles. The summed E-state index contributed by atoms with van der Waals surface area (Å²) in [5.74, 6) is -0.182. The Kier molecular flexibility index (Phi) is 3.62. The maximum absolute atomic E-state index is 11.5. The third kappa shape index (κ3) is 2.51. The van der Waals surface area contributed by atoms with E-state index in [1.165, 1.54) is 7.11 Å². The van der Waals surface area contributed by atoms with E-state index in [1.54, 1.807) is 11.8 Å². The number of carbonyl (C=O) groups is 2. The number of benzene rings is 1. The van der Waals surface area contributed by atoms with Crippen molar-refractivity contribution in [2.45, 2.75) is 13.3 Å². The molecule has 1 aromatic carbocycles. The Labute approximate surface area is 106 Å². The van der Waals surface area contributed by atoms with Crippen LogP contribution in [-0.4, -0.2) is 32.1 Å². The maximum atomic E-state index is 11.5. The minimum Gasteiger partial charge on any atom is -0.375 e. The van der Waals surface area contributed by atoms with Crippen LogP contribution >= 0.6 is 0 Å². The number of fused-ring (bicyclic) bond motifs is 1. The topological polar surface area (TPSA) is 58.6 Å². The first-order valence-electron chi connectivity index (χ1n) is 5.81. The predicted molar refractivity (Wildman–Crippen MR) is 68.7 cm³/mol. The van der Waals surface area contributed by atoms with Crippen molar-refractivity contribution in [2.24, 2.45) is 0 Å². The van der Waals surface area contributed by atoms with Crippen LogP contribution in [0.1, 0.15) is 12.5 Å². The van der Waals surface area contributed by atoms with Gasteiger partial charge in [-0.05, 0) is 24.1 Å². The quantitative estimate of drug-likeness (QED) is 0.873. The van der Waals surface area contributed by atoms with E-state index >= 15 is 0 Å². The first-order chi connectivity index (χ1) is 8.61. The molecule has 0 bridgehead atoms. The van der Waals surface area contributed by atoms with Crippen molar-refractivity contribution in [3.05, 3.63) is 23.8 Å². The van der Waals surface area contributed by atoms with Crippen molar-refractivity contribution < 1.29 is 14.3 Å². The Balaban J connectivity index is 2.19. The summed E-state index contributed by atoms with van der Waals surface area (Å²) in [6, 6.07) is 5.62. The monoisotopic (exact) mass is 248 g/mol. The molecule has 0 unspecified atom stereocenters. The van der Waals surface area contributed by atoms with Gasteiger partial charge >= 0.3 is 0 Å². The molecular formula is C13H16N2O3. The Morgan fingerprint density at radius 2 is 2.22 bits per heavy atom. The van der Waals surface area contributed by atoms with Crippen LogP contribution in [0.5, 0.6) is 0 Å². The Bertz CT molecular complexity index is 485. The largest absolute Gasteiger partial charge is 0.375 e. The number of hydrogen-bond donors (Lipinski definition) is 1. The lowest BCUT2D eigenvalue weighted by Crippen LogP contribution is -2.26. The van der Waals surface area contributed by atoms with Gasteiger partial charge < -0.3 is 15.0 Å². The van der Waals surface area contributed by atoms with Gasteiger partial charge in [-0.2, -0.15) is 0 Å². The highest BCUT2D eigenvalue weighted by Gasteiger charge is 2.22. The fourth-order valence-electron chi connectivity index (χ4n) is 2.11. The van der Waals surface area contributed by atoms with Gasteiger partial charge in [-0.25, -0.2) is 0 Å². The van der Waals surface area contributed by atoms with Gasteiger partial charge in [0.05, 0.1) is 0 Å². The lowest BCUT2D eigenvalue weighted by molar-refractivity contribution is -0.119. The third-order valence-electron chi connectivity index (χ3n) is 2.92. The van der Waals surface area contributed by atoms with Crippen molar-refractivity contribution in [2.75, 3.05) is 30.5 Å². The standard InChI is InChI=1S/C13H16N2O3/c1-9(16)15-6-5-10-3-4-11(7-12(10)15)14-13(17)8-18-2/h3-4,7H,5-6,8H2,1-2H3,(H,14,17). The summed E-state index contributed by atoms with van der Waals surface area (Å²) in [4.78, 5) is 24.6. The highest BCUT2D eigenvalue weighted by molar-refractivity contribution is 5.96. The van der Waals surface area contributed by atoms with Crippen LogP contribution in [0, 0.1) is 0 Å². The van der Waals surface area contributed by atoms with Crippen molar-refractivity contribution in [3.8, 4) is 0 Å². The van der Waals surface area contributed by atoms with Gasteiger partial charge in [0, 0.05) is 32.0 Å². The van der Waals surface area contributed by atoms with Crippen LogP contribution in [0.2, 0.25) is 0 Å². The molecule has 0 radical (unpaired) electrons. The molecule has 0 atom stereocenters. The maximum Gasteiger partial charge on any atom is 0.250 e. The number of nitrogens with one attached hydrogen (secondary N) is 1. The average Bonchev–Trinajstić information content (AvgIpc) is 2.72. The Morgan fingerprint density at radius 1 is 1.44 bits per heavy atom. The van der Waals surface area contributed by atoms with Gasteiger partial charge in [-0.15, -0.1) is 0 Å². The van der Waals surface area contributed by atoms with E-state index in [1.807, 2.05) is 18.2 Å². The van der Waals surface area contributed by atoms with Crippen molar-refractivity contribution in [1.29, 1.82) is 0 Å². The zero-order valence-corrected chi connectivity index (χ0v) is 10.5. The number of anilines is 2. The van der Waals surface area contributed by atoms with Gasteiger partial charge in [-0.3, -0.25) is 9.59 Å². The highest BCUT2D eigenvalue weighted by Crippen LogP contribution is 2.30. The fourth-order valence-corrected chi connectivity index (χ4v) is 2.11. The summed E-state index contributed by atoms with van der Waals surface area (Å²) in [5.41, 5.74) is 2.71. The summed E-state index contributed by atoms with van der Waals surface area (Å²) < 4.78 is 4.75. The first-order valence-corrected chi connectivity index (χ1v) is 5.81. The number of rotatable bonds is 3. The molecule has 1 N–H and O–H groups in total. The molecule has 0 aliphatic carbocycles. The van der Waals surface area contributed by atoms with E-state index in [0.717, 1.165) is 17.7 Å². The van der Waals surface area contributed by atoms with Crippen molar-refractivity contribution in [1.82, 2.24) is 0 Å². The number of carbonyl (C=O) groups excluding carboxylic acids is 2. The lowest BCUT2D eigenvalue weighted by Gasteiger charge is -2.15. The average molecular weight is 248 g/mol. The van der Waals surface area contributed by atoms with Crippen LogP contribution in [0.3, 0.4) is 0 Å². The van der Waals surface area contributed by atoms with Crippen molar-refractivity contribution >= 4 is 23.2 Å². The van der Waals surface area contributed by atoms with Crippen molar-refractivity contribution in [3.63, 3.8) is 0 Å². The normalized spacial score (nSPS) is 13.3. The van der Waals surface area contributed by atoms with E-state index in [2.05, 4.69) is 5.32 Å². The molecule has 0 saturated heterocycles. The molecule has 0 fully saturated rings. The summed E-state index contributed by atoms with van der Waals surface area (Å²) in [5, 5.41) is 2.73. The van der Waals surface area contributed by atoms with E-state index in [-0.39, 0.29) is 18.4 Å². The molecule has 2 rings (SSSR count). The number of hydrogen-bond acceptors (Lipinski definition) is 3. The van der Waals surface area contributed by atoms with Crippen LogP contribution in [0.15, 0.2) is 18.2 Å². The van der Waals surface area contributed by atoms with Crippen LogP contribution in [0.25, 0.3) is 0 Å². The minimum absolute atomic E-state index is 0.0213. The molecule has 1 aromatic rings. The molecule has 0 spiro atoms. The number of methoxy groups -OCH3 is 1. The zero-order valence-electron chi connectivity index (χ0n) is 10.5. The van der Waals surface area contributed by atoms with Gasteiger partial charge in [0.1, 0.15) is 6.61 Å². The summed E-state index contributed by atoms with van der Waals surface area (Å²) in [7, 11) is 1.47. The van der Waals surface area contributed by atoms with E-state index in [0.29, 0.717) is 12.2 Å². The molecule has 5 nitrogen and oxygen atoms in total. The Morgan fingerprint density at radius 3 is 2.89 bits per heavy atom.